The van der Waals surface area contributed by atoms with Gasteiger partial charge in [0.15, 0.2) is 5.65 Å². The predicted molar refractivity (Wildman–Crippen MR) is 104 cm³/mol. The van der Waals surface area contributed by atoms with Crippen molar-refractivity contribution in [3.8, 4) is 22.9 Å². The molecule has 0 aliphatic carbocycles. The fraction of sp³-hybridized carbons (Fsp3) is 0.190. The van der Waals surface area contributed by atoms with Gasteiger partial charge < -0.3 is 14.5 Å². The molecule has 0 fully saturated rings. The summed E-state index contributed by atoms with van der Waals surface area (Å²) in [6, 6.07) is 13.4. The fourth-order valence-electron chi connectivity index (χ4n) is 2.76. The lowest BCUT2D eigenvalue weighted by atomic mass is 10.1. The van der Waals surface area contributed by atoms with Crippen LogP contribution in [0.1, 0.15) is 19.4 Å². The first-order chi connectivity index (χ1) is 13.2. The molecule has 3 aromatic heterocycles. The van der Waals surface area contributed by atoms with Gasteiger partial charge in [-0.05, 0) is 61.9 Å². The molecule has 0 bridgehead atoms. The number of nitrogens with one attached hydrogen (secondary N) is 1. The van der Waals surface area contributed by atoms with Crippen molar-refractivity contribution in [2.75, 3.05) is 0 Å². The van der Waals surface area contributed by atoms with Crippen LogP contribution in [0.5, 0.6) is 11.5 Å². The van der Waals surface area contributed by atoms with Crippen molar-refractivity contribution >= 4 is 11.2 Å². The Morgan fingerprint density at radius 1 is 1.04 bits per heavy atom. The van der Waals surface area contributed by atoms with Crippen LogP contribution in [0.2, 0.25) is 0 Å². The summed E-state index contributed by atoms with van der Waals surface area (Å²) in [6.45, 7) is 4.46. The van der Waals surface area contributed by atoms with E-state index in [1.165, 1.54) is 0 Å². The van der Waals surface area contributed by atoms with Crippen LogP contribution in [0.25, 0.3) is 22.6 Å². The average molecular weight is 360 g/mol. The number of nitrogens with zero attached hydrogens (tertiary/aromatic N) is 3. The largest absolute Gasteiger partial charge is 0.490 e. The molecule has 1 N–H and O–H groups in total. The number of pyridine rings is 2. The Kier molecular flexibility index (Phi) is 4.70. The first-order valence-corrected chi connectivity index (χ1v) is 8.82. The maximum atomic E-state index is 5.97. The first-order valence-electron chi connectivity index (χ1n) is 8.82. The third kappa shape index (κ3) is 3.89. The Morgan fingerprint density at radius 2 is 1.89 bits per heavy atom. The Bertz CT molecular complexity index is 1010. The molecule has 6 heteroatoms. The predicted octanol–water partition coefficient (Wildman–Crippen LogP) is 4.39. The minimum absolute atomic E-state index is 0.0508. The van der Waals surface area contributed by atoms with Gasteiger partial charge in [0.1, 0.15) is 29.4 Å². The standard InChI is InChI=1S/C21H20N4O2/c1-14(2)27-19-6-5-16(26-13-15-7-10-22-11-8-15)12-17(19)20-24-18-4-3-9-23-21(18)25-20/h3-12,14H,13H2,1-2H3,(H,23,24,25). The summed E-state index contributed by atoms with van der Waals surface area (Å²) < 4.78 is 11.9. The summed E-state index contributed by atoms with van der Waals surface area (Å²) >= 11 is 0. The highest BCUT2D eigenvalue weighted by atomic mass is 16.5. The van der Waals surface area contributed by atoms with Crippen LogP contribution in [-0.2, 0) is 6.61 Å². The topological polar surface area (TPSA) is 72.9 Å². The summed E-state index contributed by atoms with van der Waals surface area (Å²) in [5.41, 5.74) is 3.45. The van der Waals surface area contributed by atoms with Crippen LogP contribution < -0.4 is 9.47 Å². The normalized spacial score (nSPS) is 11.1. The molecule has 3 heterocycles. The smallest absolute Gasteiger partial charge is 0.157 e. The van der Waals surface area contributed by atoms with Gasteiger partial charge >= 0.3 is 0 Å². The van der Waals surface area contributed by atoms with Crippen LogP contribution in [0.4, 0.5) is 0 Å². The van der Waals surface area contributed by atoms with E-state index in [1.807, 2.05) is 56.3 Å². The van der Waals surface area contributed by atoms with Gasteiger partial charge in [-0.25, -0.2) is 9.97 Å². The van der Waals surface area contributed by atoms with E-state index in [0.717, 1.165) is 33.8 Å². The Hall–Kier alpha value is -3.41. The van der Waals surface area contributed by atoms with Gasteiger partial charge in [0.25, 0.3) is 0 Å². The van der Waals surface area contributed by atoms with Crippen LogP contribution in [0.15, 0.2) is 61.1 Å². The lowest BCUT2D eigenvalue weighted by molar-refractivity contribution is 0.242. The molecule has 27 heavy (non-hydrogen) atoms. The SMILES string of the molecule is CC(C)Oc1ccc(OCc2ccncc2)cc1-c1nc2cccnc2[nH]1. The third-order valence-electron chi connectivity index (χ3n) is 3.98. The van der Waals surface area contributed by atoms with E-state index < -0.39 is 0 Å². The van der Waals surface area contributed by atoms with Crippen molar-refractivity contribution in [2.24, 2.45) is 0 Å². The van der Waals surface area contributed by atoms with Crippen molar-refractivity contribution in [1.29, 1.82) is 0 Å². The molecule has 0 atom stereocenters. The zero-order chi connectivity index (χ0) is 18.6. The van der Waals surface area contributed by atoms with Gasteiger partial charge in [0.2, 0.25) is 0 Å². The number of rotatable bonds is 6. The number of aromatic amines is 1. The van der Waals surface area contributed by atoms with Gasteiger partial charge in [-0.1, -0.05) is 0 Å². The maximum Gasteiger partial charge on any atom is 0.157 e. The van der Waals surface area contributed by atoms with Gasteiger partial charge in [0, 0.05) is 18.6 Å². The molecule has 4 aromatic rings. The number of aromatic nitrogens is 4. The highest BCUT2D eigenvalue weighted by Crippen LogP contribution is 2.33. The van der Waals surface area contributed by atoms with E-state index in [1.54, 1.807) is 18.6 Å². The van der Waals surface area contributed by atoms with Gasteiger partial charge in [-0.3, -0.25) is 4.98 Å². The molecule has 0 amide bonds. The zero-order valence-corrected chi connectivity index (χ0v) is 15.2. The molecular formula is C21H20N4O2. The van der Waals surface area contributed by atoms with Crippen LogP contribution >= 0.6 is 0 Å². The molecule has 0 radical (unpaired) electrons. The summed E-state index contributed by atoms with van der Waals surface area (Å²) in [5, 5.41) is 0. The molecule has 4 rings (SSSR count). The first kappa shape index (κ1) is 17.0. The second-order valence-corrected chi connectivity index (χ2v) is 6.43. The van der Waals surface area contributed by atoms with E-state index in [2.05, 4.69) is 19.9 Å². The minimum atomic E-state index is 0.0508. The number of imidazole rings is 1. The minimum Gasteiger partial charge on any atom is -0.490 e. The Morgan fingerprint density at radius 3 is 2.67 bits per heavy atom. The molecule has 0 saturated heterocycles. The lowest BCUT2D eigenvalue weighted by Gasteiger charge is -2.15. The Balaban J connectivity index is 1.68. The molecule has 0 saturated carbocycles. The van der Waals surface area contributed by atoms with E-state index in [9.17, 15) is 0 Å². The highest BCUT2D eigenvalue weighted by molar-refractivity contribution is 5.78. The van der Waals surface area contributed by atoms with Crippen LogP contribution in [-0.4, -0.2) is 26.0 Å². The monoisotopic (exact) mass is 360 g/mol. The summed E-state index contributed by atoms with van der Waals surface area (Å²) in [5.74, 6) is 2.19. The quantitative estimate of drug-likeness (QED) is 0.552. The number of hydrogen-bond donors (Lipinski definition) is 1. The van der Waals surface area contributed by atoms with Gasteiger partial charge in [-0.15, -0.1) is 0 Å². The summed E-state index contributed by atoms with van der Waals surface area (Å²) in [6.07, 6.45) is 5.30. The van der Waals surface area contributed by atoms with Crippen molar-refractivity contribution < 1.29 is 9.47 Å². The van der Waals surface area contributed by atoms with E-state index in [4.69, 9.17) is 9.47 Å². The van der Waals surface area contributed by atoms with Gasteiger partial charge in [0.05, 0.1) is 11.7 Å². The van der Waals surface area contributed by atoms with Crippen molar-refractivity contribution in [2.45, 2.75) is 26.6 Å². The Labute approximate surface area is 157 Å². The highest BCUT2D eigenvalue weighted by Gasteiger charge is 2.14. The molecule has 0 spiro atoms. The van der Waals surface area contributed by atoms with E-state index >= 15 is 0 Å². The molecule has 0 aliphatic rings. The third-order valence-corrected chi connectivity index (χ3v) is 3.98. The number of H-pyrrole nitrogens is 1. The lowest BCUT2D eigenvalue weighted by Crippen LogP contribution is -2.07. The molecule has 0 unspecified atom stereocenters. The van der Waals surface area contributed by atoms with E-state index in [-0.39, 0.29) is 6.10 Å². The van der Waals surface area contributed by atoms with Crippen molar-refractivity contribution in [3.05, 3.63) is 66.6 Å². The van der Waals surface area contributed by atoms with Crippen molar-refractivity contribution in [3.63, 3.8) is 0 Å². The number of benzene rings is 1. The maximum absolute atomic E-state index is 5.97. The molecule has 1 aromatic carbocycles. The summed E-state index contributed by atoms with van der Waals surface area (Å²) in [7, 11) is 0. The van der Waals surface area contributed by atoms with Crippen LogP contribution in [0.3, 0.4) is 0 Å². The van der Waals surface area contributed by atoms with Gasteiger partial charge in [-0.2, -0.15) is 0 Å². The van der Waals surface area contributed by atoms with E-state index in [0.29, 0.717) is 12.4 Å². The molecule has 136 valence electrons. The second kappa shape index (κ2) is 7.45. The number of fused-ring (bicyclic) bond motifs is 1. The fourth-order valence-corrected chi connectivity index (χ4v) is 2.76. The molecule has 0 aliphatic heterocycles. The zero-order valence-electron chi connectivity index (χ0n) is 15.2. The summed E-state index contributed by atoms with van der Waals surface area (Å²) in [4.78, 5) is 16.3. The van der Waals surface area contributed by atoms with Crippen LogP contribution in [0, 0.1) is 0 Å². The molecular weight excluding hydrogens is 340 g/mol. The molecule has 6 nitrogen and oxygen atoms in total. The number of hydrogen-bond acceptors (Lipinski definition) is 5. The van der Waals surface area contributed by atoms with Crippen molar-refractivity contribution in [1.82, 2.24) is 19.9 Å². The number of ether oxygens (including phenoxy) is 2. The average Bonchev–Trinajstić information content (AvgIpc) is 3.11. The second-order valence-electron chi connectivity index (χ2n) is 6.43.